The molecular weight excluding hydrogens is 1200 g/mol. The van der Waals surface area contributed by atoms with E-state index in [1.807, 2.05) is 48.8 Å². The first-order valence-corrected chi connectivity index (χ1v) is 34.3. The van der Waals surface area contributed by atoms with Crippen molar-refractivity contribution in [2.75, 3.05) is 36.0 Å². The van der Waals surface area contributed by atoms with E-state index in [0.717, 1.165) is 11.6 Å². The Kier molecular flexibility index (Phi) is 18.6. The monoisotopic (exact) mass is 1260 g/mol. The maximum atomic E-state index is 13.5. The zero-order valence-corrected chi connectivity index (χ0v) is 50.7. The number of aromatic nitrogens is 1. The van der Waals surface area contributed by atoms with Crippen LogP contribution < -0.4 is 15.5 Å². The van der Waals surface area contributed by atoms with Crippen molar-refractivity contribution in [3.05, 3.63) is 161 Å². The van der Waals surface area contributed by atoms with Gasteiger partial charge in [-0.05, 0) is 121 Å². The second-order valence-electron chi connectivity index (χ2n) is 21.7. The Morgan fingerprint density at radius 3 is 1.96 bits per heavy atom. The Hall–Kier alpha value is -7.05. The number of amides is 2. The Morgan fingerprint density at radius 2 is 1.32 bits per heavy atom. The molecule has 2 aliphatic heterocycles. The molecular formula is C58H64N5O17S5+. The lowest BCUT2D eigenvalue weighted by atomic mass is 9.79. The van der Waals surface area contributed by atoms with Crippen molar-refractivity contribution in [1.82, 2.24) is 15.6 Å². The molecule has 0 saturated carbocycles. The molecule has 0 radical (unpaired) electrons. The number of carbonyl (C=O) groups excluding carboxylic acids is 2. The summed E-state index contributed by atoms with van der Waals surface area (Å²) < 4.78 is 176. The van der Waals surface area contributed by atoms with Crippen LogP contribution in [-0.2, 0) is 72.8 Å². The molecule has 0 aliphatic carbocycles. The minimum atomic E-state index is -5.12. The molecule has 27 heteroatoms. The number of rotatable bonds is 24. The Bertz CT molecular complexity index is 4370. The summed E-state index contributed by atoms with van der Waals surface area (Å²) >= 11 is 0. The Balaban J connectivity index is 1.21. The molecule has 85 heavy (non-hydrogen) atoms. The van der Waals surface area contributed by atoms with Gasteiger partial charge in [0, 0.05) is 84.1 Å². The topological polar surface area (TPSA) is 349 Å². The van der Waals surface area contributed by atoms with Gasteiger partial charge in [-0.2, -0.15) is 46.7 Å². The van der Waals surface area contributed by atoms with Gasteiger partial charge >= 0.3 is 0 Å². The van der Waals surface area contributed by atoms with Crippen molar-refractivity contribution < 1.29 is 79.0 Å². The molecule has 0 atom stereocenters. The van der Waals surface area contributed by atoms with E-state index in [-0.39, 0.29) is 58.8 Å². The first kappa shape index (κ1) is 64.0. The normalized spacial score (nSPS) is 15.9. The average Bonchev–Trinajstić information content (AvgIpc) is 1.67. The number of pyridine rings is 1. The SMILES string of the molecule is CC1(C)C(/C=C/C(=C/C=C2/N(CCCS(=O)(=O)O)c3ccc4c(S(=O)(=O)O)cc(S(=O)(=O)O)cc4c3C2(C)C)c2ccc(C(=O)NCCCCCC(=O)NCc3ccccc3)cn2)=[N+](CCCS(=O)(=O)O)c2ccc3ccc(S(=O)(=O)O)cc3c21. The third kappa shape index (κ3) is 15.0. The van der Waals surface area contributed by atoms with Crippen LogP contribution >= 0.6 is 0 Å². The predicted octanol–water partition coefficient (Wildman–Crippen LogP) is 7.99. The maximum absolute atomic E-state index is 13.5. The van der Waals surface area contributed by atoms with Crippen LogP contribution in [0, 0.1) is 0 Å². The summed E-state index contributed by atoms with van der Waals surface area (Å²) in [7, 11) is -23.8. The van der Waals surface area contributed by atoms with E-state index in [1.165, 1.54) is 30.5 Å². The van der Waals surface area contributed by atoms with Crippen LogP contribution in [0.3, 0.4) is 0 Å². The number of hydrogen-bond donors (Lipinski definition) is 7. The van der Waals surface area contributed by atoms with Crippen LogP contribution in [0.2, 0.25) is 0 Å². The van der Waals surface area contributed by atoms with E-state index in [0.29, 0.717) is 95.1 Å². The van der Waals surface area contributed by atoms with E-state index in [9.17, 15) is 74.4 Å². The quantitative estimate of drug-likeness (QED) is 0.0131. The minimum Gasteiger partial charge on any atom is -0.352 e. The Morgan fingerprint density at radius 1 is 0.647 bits per heavy atom. The molecule has 3 heterocycles. The fraction of sp³-hybridized carbons (Fsp3) is 0.310. The number of hydrogen-bond acceptors (Lipinski definition) is 14. The van der Waals surface area contributed by atoms with Crippen LogP contribution in [0.4, 0.5) is 11.4 Å². The molecule has 22 nitrogen and oxygen atoms in total. The van der Waals surface area contributed by atoms with Crippen molar-refractivity contribution in [3.8, 4) is 0 Å². The summed E-state index contributed by atoms with van der Waals surface area (Å²) in [5, 5.41) is 6.77. The van der Waals surface area contributed by atoms with Gasteiger partial charge in [0.1, 0.15) is 11.4 Å². The molecule has 0 fully saturated rings. The third-order valence-corrected chi connectivity index (χ3v) is 19.2. The van der Waals surface area contributed by atoms with Gasteiger partial charge in [0.05, 0.1) is 38.0 Å². The van der Waals surface area contributed by atoms with Crippen LogP contribution in [0.1, 0.15) is 99.0 Å². The predicted molar refractivity (Wildman–Crippen MR) is 321 cm³/mol. The summed E-state index contributed by atoms with van der Waals surface area (Å²) in [6, 6.07) is 24.9. The molecule has 7 N–H and O–H groups in total. The van der Waals surface area contributed by atoms with Crippen molar-refractivity contribution in [2.24, 2.45) is 0 Å². The van der Waals surface area contributed by atoms with E-state index in [4.69, 9.17) is 4.98 Å². The molecule has 5 aromatic carbocycles. The zero-order valence-electron chi connectivity index (χ0n) is 46.6. The van der Waals surface area contributed by atoms with Crippen LogP contribution in [0.15, 0.2) is 148 Å². The highest BCUT2D eigenvalue weighted by Gasteiger charge is 2.46. The molecule has 0 spiro atoms. The number of allylic oxidation sites excluding steroid dienone is 6. The summed E-state index contributed by atoms with van der Waals surface area (Å²) in [5.41, 5.74) is 2.42. The fourth-order valence-electron chi connectivity index (χ4n) is 11.1. The van der Waals surface area contributed by atoms with Gasteiger partial charge in [-0.1, -0.05) is 68.8 Å². The summed E-state index contributed by atoms with van der Waals surface area (Å²) in [6.07, 6.45) is 10.1. The zero-order chi connectivity index (χ0) is 62.1. The molecule has 6 aromatic rings. The number of nitrogens with zero attached hydrogens (tertiary/aromatic N) is 3. The van der Waals surface area contributed by atoms with E-state index in [2.05, 4.69) is 10.6 Å². The van der Waals surface area contributed by atoms with Gasteiger partial charge in [0.25, 0.3) is 56.5 Å². The summed E-state index contributed by atoms with van der Waals surface area (Å²) in [6.45, 7) is 7.85. The lowest BCUT2D eigenvalue weighted by Crippen LogP contribution is -2.28. The molecule has 8 rings (SSSR count). The van der Waals surface area contributed by atoms with Crippen molar-refractivity contribution >= 4 is 107 Å². The average molecular weight is 1260 g/mol. The lowest BCUT2D eigenvalue weighted by molar-refractivity contribution is -0.437. The second kappa shape index (κ2) is 24.7. The summed E-state index contributed by atoms with van der Waals surface area (Å²) in [5.74, 6) is -1.79. The number of nitrogens with one attached hydrogen (secondary N) is 2. The van der Waals surface area contributed by atoms with Gasteiger partial charge < -0.3 is 15.5 Å². The van der Waals surface area contributed by atoms with Crippen LogP contribution in [-0.4, -0.2) is 123 Å². The third-order valence-electron chi connectivity index (χ3n) is 15.0. The minimum absolute atomic E-state index is 0.000236. The number of carbonyl (C=O) groups is 2. The van der Waals surface area contributed by atoms with Crippen LogP contribution in [0.5, 0.6) is 0 Å². The van der Waals surface area contributed by atoms with Gasteiger partial charge in [-0.25, -0.2) is 0 Å². The molecule has 0 bridgehead atoms. The number of fused-ring (bicyclic) bond motifs is 6. The first-order valence-electron chi connectivity index (χ1n) is 26.7. The van der Waals surface area contributed by atoms with Gasteiger partial charge in [-0.3, -0.25) is 37.3 Å². The molecule has 0 unspecified atom stereocenters. The van der Waals surface area contributed by atoms with Gasteiger partial charge in [0.2, 0.25) is 11.6 Å². The maximum Gasteiger partial charge on any atom is 0.295 e. The molecule has 452 valence electrons. The lowest BCUT2D eigenvalue weighted by Gasteiger charge is -2.27. The highest BCUT2D eigenvalue weighted by Crippen LogP contribution is 2.52. The summed E-state index contributed by atoms with van der Waals surface area (Å²) in [4.78, 5) is 30.3. The van der Waals surface area contributed by atoms with Crippen molar-refractivity contribution in [3.63, 3.8) is 0 Å². The second-order valence-corrected chi connectivity index (χ2v) is 29.1. The van der Waals surface area contributed by atoms with Gasteiger partial charge in [-0.15, -0.1) is 0 Å². The van der Waals surface area contributed by atoms with E-state index in [1.54, 1.807) is 73.4 Å². The number of anilines is 1. The van der Waals surface area contributed by atoms with Gasteiger partial charge in [0.15, 0.2) is 5.71 Å². The largest absolute Gasteiger partial charge is 0.352 e. The number of unbranched alkanes of at least 4 members (excludes halogenated alkanes) is 2. The van der Waals surface area contributed by atoms with Crippen LogP contribution in [0.25, 0.3) is 27.1 Å². The molecule has 2 aliphatic rings. The van der Waals surface area contributed by atoms with E-state index >= 15 is 0 Å². The highest BCUT2D eigenvalue weighted by molar-refractivity contribution is 7.87. The highest BCUT2D eigenvalue weighted by atomic mass is 32.2. The Labute approximate surface area is 493 Å². The molecule has 0 saturated heterocycles. The first-order chi connectivity index (χ1) is 39.6. The van der Waals surface area contributed by atoms with Crippen molar-refractivity contribution in [2.45, 2.75) is 98.3 Å². The molecule has 2 amide bonds. The number of benzene rings is 5. The fourth-order valence-corrected chi connectivity index (χ4v) is 13.9. The van der Waals surface area contributed by atoms with Crippen molar-refractivity contribution in [1.29, 1.82) is 0 Å². The van der Waals surface area contributed by atoms with E-state index < -0.39 is 88.6 Å². The molecule has 1 aromatic heterocycles. The smallest absolute Gasteiger partial charge is 0.295 e. The standard InChI is InChI=1S/C58H63N5O17S5/c1-57(2)51(62(29-11-31-81(66,67)68)48-24-18-39-16-21-42(83(72,73)74)33-45(39)54(48)57)26-19-40(47-23-17-41(37-60-47)56(65)59-28-10-6-9-15-53(64)61-36-38-13-7-5-8-14-38)20-27-52-58(3,4)55-46-34-43(84(75,76)77)35-50(85(78,79)80)44(46)22-25-49(55)63(52)30-12-32-82(69,70)71/h5,7-8,13-14,16-27,33-35,37H,6,9-12,15,28-32,36H2,1-4H3,(H6-,59,61,64,65,66,67,68,69,70,71,72,73,74,75,76,77,78,79,80)/p+1.